The Morgan fingerprint density at radius 2 is 1.84 bits per heavy atom. The Morgan fingerprint density at radius 1 is 1.05 bits per heavy atom. The van der Waals surface area contributed by atoms with Gasteiger partial charge in [-0.1, -0.05) is 31.4 Å². The topological polar surface area (TPSA) is 63.6 Å². The van der Waals surface area contributed by atoms with Gasteiger partial charge in [0.05, 0.1) is 11.1 Å². The quantitative estimate of drug-likeness (QED) is 0.414. The van der Waals surface area contributed by atoms with Crippen molar-refractivity contribution in [2.75, 3.05) is 13.2 Å². The fourth-order valence-corrected chi connectivity index (χ4v) is 5.55. The molecule has 3 aromatic rings. The molecule has 0 radical (unpaired) electrons. The fraction of sp³-hybridized carbons (Fsp3) is 0.484. The van der Waals surface area contributed by atoms with Gasteiger partial charge < -0.3 is 10.1 Å². The van der Waals surface area contributed by atoms with E-state index in [9.17, 15) is 9.59 Å². The number of pyridine rings is 1. The largest absolute Gasteiger partial charge is 0.492 e. The first-order chi connectivity index (χ1) is 17.9. The second-order valence-electron chi connectivity index (χ2n) is 11.0. The molecule has 37 heavy (non-hydrogen) atoms. The van der Waals surface area contributed by atoms with Crippen molar-refractivity contribution in [3.63, 3.8) is 0 Å². The van der Waals surface area contributed by atoms with Gasteiger partial charge in [-0.15, -0.1) is 0 Å². The van der Waals surface area contributed by atoms with Crippen LogP contribution in [0, 0.1) is 6.92 Å². The van der Waals surface area contributed by atoms with Crippen LogP contribution >= 0.6 is 0 Å². The summed E-state index contributed by atoms with van der Waals surface area (Å²) in [5.74, 6) is 0.626. The van der Waals surface area contributed by atoms with Crippen molar-refractivity contribution in [2.45, 2.75) is 83.8 Å². The van der Waals surface area contributed by atoms with Crippen LogP contribution in [-0.4, -0.2) is 46.7 Å². The first kappa shape index (κ1) is 25.5. The zero-order valence-electron chi connectivity index (χ0n) is 22.3. The van der Waals surface area contributed by atoms with Crippen LogP contribution in [0.3, 0.4) is 0 Å². The lowest BCUT2D eigenvalue weighted by Gasteiger charge is -2.37. The lowest BCUT2D eigenvalue weighted by atomic mass is 9.93. The highest BCUT2D eigenvalue weighted by Gasteiger charge is 2.24. The van der Waals surface area contributed by atoms with Crippen LogP contribution in [0.5, 0.6) is 5.75 Å². The first-order valence-electron chi connectivity index (χ1n) is 13.9. The molecule has 1 heterocycles. The van der Waals surface area contributed by atoms with Crippen molar-refractivity contribution in [2.24, 2.45) is 0 Å². The van der Waals surface area contributed by atoms with E-state index in [2.05, 4.69) is 24.1 Å². The Labute approximate surface area is 219 Å². The highest BCUT2D eigenvalue weighted by molar-refractivity contribution is 5.95. The molecule has 2 fully saturated rings. The molecule has 0 spiro atoms. The summed E-state index contributed by atoms with van der Waals surface area (Å²) in [6.45, 7) is 7.97. The summed E-state index contributed by atoms with van der Waals surface area (Å²) in [6.07, 6.45) is 10.4. The SMILES string of the molecule is Cc1ccc(C(=O)NC2CC2)cc1-n1ccc2ccc(OCCN(C(C)C)C3CCCCC3)cc2c1=O. The van der Waals surface area contributed by atoms with E-state index in [1.807, 2.05) is 49.4 Å². The Morgan fingerprint density at radius 3 is 2.57 bits per heavy atom. The van der Waals surface area contributed by atoms with Crippen LogP contribution in [0.25, 0.3) is 16.5 Å². The molecule has 2 saturated carbocycles. The van der Waals surface area contributed by atoms with Gasteiger partial charge in [-0.25, -0.2) is 0 Å². The molecule has 0 bridgehead atoms. The maximum absolute atomic E-state index is 13.6. The number of rotatable bonds is 9. The summed E-state index contributed by atoms with van der Waals surface area (Å²) in [4.78, 5) is 28.8. The summed E-state index contributed by atoms with van der Waals surface area (Å²) >= 11 is 0. The number of hydrogen-bond acceptors (Lipinski definition) is 4. The van der Waals surface area contributed by atoms with Crippen LogP contribution in [0.15, 0.2) is 53.5 Å². The van der Waals surface area contributed by atoms with E-state index in [1.54, 1.807) is 10.8 Å². The molecule has 1 N–H and O–H groups in total. The molecule has 6 heteroatoms. The van der Waals surface area contributed by atoms with E-state index < -0.39 is 0 Å². The average molecular weight is 502 g/mol. The lowest BCUT2D eigenvalue weighted by molar-refractivity contribution is 0.0951. The van der Waals surface area contributed by atoms with Crippen LogP contribution in [0.4, 0.5) is 0 Å². The van der Waals surface area contributed by atoms with Gasteiger partial charge in [0, 0.05) is 36.4 Å². The number of fused-ring (bicyclic) bond motifs is 1. The molecule has 2 aliphatic carbocycles. The van der Waals surface area contributed by atoms with Gasteiger partial charge in [0.25, 0.3) is 11.5 Å². The van der Waals surface area contributed by atoms with E-state index in [1.165, 1.54) is 32.1 Å². The number of ether oxygens (including phenoxy) is 1. The van der Waals surface area contributed by atoms with Crippen molar-refractivity contribution in [3.8, 4) is 11.4 Å². The second-order valence-corrected chi connectivity index (χ2v) is 11.0. The van der Waals surface area contributed by atoms with E-state index >= 15 is 0 Å². The molecular weight excluding hydrogens is 462 g/mol. The number of carbonyl (C=O) groups is 1. The number of amides is 1. The third-order valence-corrected chi connectivity index (χ3v) is 7.85. The third kappa shape index (κ3) is 5.90. The van der Waals surface area contributed by atoms with Crippen LogP contribution < -0.4 is 15.6 Å². The number of benzene rings is 2. The maximum Gasteiger partial charge on any atom is 0.263 e. The second kappa shape index (κ2) is 11.1. The fourth-order valence-electron chi connectivity index (χ4n) is 5.55. The summed E-state index contributed by atoms with van der Waals surface area (Å²) in [6, 6.07) is 14.6. The number of aromatic nitrogens is 1. The van der Waals surface area contributed by atoms with Gasteiger partial charge in [0.1, 0.15) is 12.4 Å². The molecule has 6 nitrogen and oxygen atoms in total. The summed E-state index contributed by atoms with van der Waals surface area (Å²) in [7, 11) is 0. The zero-order valence-corrected chi connectivity index (χ0v) is 22.3. The van der Waals surface area contributed by atoms with Gasteiger partial charge >= 0.3 is 0 Å². The summed E-state index contributed by atoms with van der Waals surface area (Å²) in [5, 5.41) is 4.52. The van der Waals surface area contributed by atoms with Crippen LogP contribution in [0.1, 0.15) is 74.7 Å². The Hall–Kier alpha value is -3.12. The first-order valence-corrected chi connectivity index (χ1v) is 13.9. The third-order valence-electron chi connectivity index (χ3n) is 7.85. The molecule has 5 rings (SSSR count). The smallest absolute Gasteiger partial charge is 0.263 e. The minimum Gasteiger partial charge on any atom is -0.492 e. The van der Waals surface area contributed by atoms with E-state index in [-0.39, 0.29) is 17.5 Å². The van der Waals surface area contributed by atoms with Gasteiger partial charge in [-0.05, 0) is 87.7 Å². The van der Waals surface area contributed by atoms with Crippen LogP contribution in [0.2, 0.25) is 0 Å². The van der Waals surface area contributed by atoms with Crippen LogP contribution in [-0.2, 0) is 0 Å². The standard InChI is InChI=1S/C31H39N3O3/c1-21(2)33(26-7-5-4-6-8-26)17-18-37-27-14-11-23-15-16-34(31(36)28(23)20-27)29-19-24(10-9-22(29)3)30(35)32-25-12-13-25/h9-11,14-16,19-21,25-26H,4-8,12-13,17-18H2,1-3H3,(H,32,35). The van der Waals surface area contributed by atoms with Crippen molar-refractivity contribution < 1.29 is 9.53 Å². The molecule has 1 amide bonds. The molecule has 196 valence electrons. The minimum atomic E-state index is -0.114. The lowest BCUT2D eigenvalue weighted by Crippen LogP contribution is -2.43. The monoisotopic (exact) mass is 501 g/mol. The molecule has 0 atom stereocenters. The average Bonchev–Trinajstić information content (AvgIpc) is 3.72. The number of nitrogens with zero attached hydrogens (tertiary/aromatic N) is 2. The molecule has 2 aromatic carbocycles. The maximum atomic E-state index is 13.6. The van der Waals surface area contributed by atoms with Gasteiger partial charge in [0.15, 0.2) is 0 Å². The molecule has 0 unspecified atom stereocenters. The van der Waals surface area contributed by atoms with Crippen molar-refractivity contribution in [1.82, 2.24) is 14.8 Å². The molecule has 0 aliphatic heterocycles. The highest BCUT2D eigenvalue weighted by Crippen LogP contribution is 2.25. The van der Waals surface area contributed by atoms with Gasteiger partial charge in [-0.3, -0.25) is 19.1 Å². The number of hydrogen-bond donors (Lipinski definition) is 1. The highest BCUT2D eigenvalue weighted by atomic mass is 16.5. The molecule has 0 saturated heterocycles. The van der Waals surface area contributed by atoms with E-state index in [0.29, 0.717) is 35.4 Å². The normalized spacial score (nSPS) is 16.5. The van der Waals surface area contributed by atoms with Crippen molar-refractivity contribution >= 4 is 16.7 Å². The Kier molecular flexibility index (Phi) is 7.65. The van der Waals surface area contributed by atoms with Crippen molar-refractivity contribution in [1.29, 1.82) is 0 Å². The number of carbonyl (C=O) groups excluding carboxylic acids is 1. The van der Waals surface area contributed by atoms with Gasteiger partial charge in [0.2, 0.25) is 0 Å². The molecule has 1 aromatic heterocycles. The Bertz CT molecular complexity index is 1320. The predicted octanol–water partition coefficient (Wildman–Crippen LogP) is 5.61. The number of aryl methyl sites for hydroxylation is 1. The zero-order chi connectivity index (χ0) is 25.9. The number of nitrogens with one attached hydrogen (secondary N) is 1. The summed E-state index contributed by atoms with van der Waals surface area (Å²) < 4.78 is 7.80. The predicted molar refractivity (Wildman–Crippen MR) is 149 cm³/mol. The molecule has 2 aliphatic rings. The Balaban J connectivity index is 1.35. The van der Waals surface area contributed by atoms with Crippen molar-refractivity contribution in [3.05, 3.63) is 70.1 Å². The van der Waals surface area contributed by atoms with E-state index in [4.69, 9.17) is 4.74 Å². The summed E-state index contributed by atoms with van der Waals surface area (Å²) in [5.41, 5.74) is 2.12. The van der Waals surface area contributed by atoms with Gasteiger partial charge in [-0.2, -0.15) is 0 Å². The molecular formula is C31H39N3O3. The van der Waals surface area contributed by atoms with E-state index in [0.717, 1.165) is 36.0 Å². The minimum absolute atomic E-state index is 0.0862.